The first-order chi connectivity index (χ1) is 10.0. The first-order valence-electron chi connectivity index (χ1n) is 10.0. The van der Waals surface area contributed by atoms with E-state index in [1.807, 2.05) is 0 Å². The van der Waals surface area contributed by atoms with Crippen LogP contribution in [0.25, 0.3) is 0 Å². The standard InChI is InChI=1S/2C11H22/c2*1-9-7-5-6-8-10(9)11(2,3)4/h2*9-10H,5-8H2,1-4H3. The van der Waals surface area contributed by atoms with Crippen LogP contribution in [-0.2, 0) is 0 Å². The van der Waals surface area contributed by atoms with Crippen molar-refractivity contribution >= 4 is 0 Å². The van der Waals surface area contributed by atoms with Crippen molar-refractivity contribution in [3.05, 3.63) is 0 Å². The summed E-state index contributed by atoms with van der Waals surface area (Å²) in [6, 6.07) is 0. The lowest BCUT2D eigenvalue weighted by molar-refractivity contribution is 0.119. The quantitative estimate of drug-likeness (QED) is 0.429. The van der Waals surface area contributed by atoms with Crippen molar-refractivity contribution in [2.75, 3.05) is 0 Å². The van der Waals surface area contributed by atoms with Gasteiger partial charge in [-0.05, 0) is 47.3 Å². The molecule has 2 rings (SSSR count). The third-order valence-electron chi connectivity index (χ3n) is 6.45. The average Bonchev–Trinajstić information content (AvgIpc) is 2.37. The van der Waals surface area contributed by atoms with E-state index in [-0.39, 0.29) is 0 Å². The molecule has 4 unspecified atom stereocenters. The second-order valence-electron chi connectivity index (χ2n) is 10.5. The van der Waals surface area contributed by atoms with Crippen LogP contribution < -0.4 is 0 Å². The maximum absolute atomic E-state index is 2.43. The molecule has 0 N–H and O–H groups in total. The lowest BCUT2D eigenvalue weighted by atomic mass is 9.67. The first kappa shape index (κ1) is 20.0. The van der Waals surface area contributed by atoms with E-state index < -0.39 is 0 Å². The molecule has 0 heterocycles. The number of rotatable bonds is 0. The van der Waals surface area contributed by atoms with Crippen LogP contribution in [0.2, 0.25) is 0 Å². The van der Waals surface area contributed by atoms with E-state index in [2.05, 4.69) is 55.4 Å². The molecule has 132 valence electrons. The zero-order valence-electron chi connectivity index (χ0n) is 17.0. The molecule has 0 radical (unpaired) electrons. The predicted octanol–water partition coefficient (Wildman–Crippen LogP) is 7.72. The zero-order chi connectivity index (χ0) is 17.0. The molecule has 2 saturated carbocycles. The molecule has 2 aliphatic rings. The Morgan fingerprint density at radius 1 is 0.500 bits per heavy atom. The second kappa shape index (κ2) is 8.20. The highest BCUT2D eigenvalue weighted by molar-refractivity contribution is 4.82. The molecular formula is C22H44. The fraction of sp³-hybridized carbons (Fsp3) is 1.00. The summed E-state index contributed by atoms with van der Waals surface area (Å²) in [4.78, 5) is 0. The number of hydrogen-bond donors (Lipinski definition) is 0. The van der Waals surface area contributed by atoms with Crippen molar-refractivity contribution in [2.24, 2.45) is 34.5 Å². The fourth-order valence-corrected chi connectivity index (χ4v) is 5.21. The van der Waals surface area contributed by atoms with Gasteiger partial charge in [0, 0.05) is 0 Å². The van der Waals surface area contributed by atoms with Gasteiger partial charge in [0.25, 0.3) is 0 Å². The molecule has 0 spiro atoms. The van der Waals surface area contributed by atoms with E-state index in [4.69, 9.17) is 0 Å². The lowest BCUT2D eigenvalue weighted by Crippen LogP contribution is -2.29. The van der Waals surface area contributed by atoms with Crippen molar-refractivity contribution in [2.45, 2.75) is 107 Å². The average molecular weight is 309 g/mol. The summed E-state index contributed by atoms with van der Waals surface area (Å²) in [5.74, 6) is 3.86. The molecule has 0 aliphatic heterocycles. The maximum Gasteiger partial charge on any atom is -0.0340 e. The van der Waals surface area contributed by atoms with Crippen LogP contribution >= 0.6 is 0 Å². The molecule has 0 aromatic heterocycles. The van der Waals surface area contributed by atoms with E-state index in [0.29, 0.717) is 10.8 Å². The second-order valence-corrected chi connectivity index (χ2v) is 10.5. The van der Waals surface area contributed by atoms with Gasteiger partial charge in [-0.15, -0.1) is 0 Å². The van der Waals surface area contributed by atoms with Crippen molar-refractivity contribution < 1.29 is 0 Å². The largest absolute Gasteiger partial charge is 0.0622 e. The van der Waals surface area contributed by atoms with Gasteiger partial charge in [-0.25, -0.2) is 0 Å². The van der Waals surface area contributed by atoms with Gasteiger partial charge in [0.15, 0.2) is 0 Å². The molecular weight excluding hydrogens is 264 g/mol. The van der Waals surface area contributed by atoms with Gasteiger partial charge in [0.2, 0.25) is 0 Å². The normalized spacial score (nSPS) is 33.8. The van der Waals surface area contributed by atoms with E-state index in [1.165, 1.54) is 51.4 Å². The highest BCUT2D eigenvalue weighted by Crippen LogP contribution is 2.42. The molecule has 0 nitrogen and oxygen atoms in total. The molecule has 0 aromatic rings. The van der Waals surface area contributed by atoms with Crippen LogP contribution in [0.15, 0.2) is 0 Å². The Kier molecular flexibility index (Phi) is 7.47. The van der Waals surface area contributed by atoms with Crippen molar-refractivity contribution in [3.8, 4) is 0 Å². The van der Waals surface area contributed by atoms with Crippen LogP contribution in [0.5, 0.6) is 0 Å². The third kappa shape index (κ3) is 6.25. The Bertz CT molecular complexity index is 269. The first-order valence-corrected chi connectivity index (χ1v) is 10.0. The van der Waals surface area contributed by atoms with Crippen molar-refractivity contribution in [1.29, 1.82) is 0 Å². The SMILES string of the molecule is CC1CCCCC1C(C)(C)C.CC1CCCCC1C(C)(C)C. The van der Waals surface area contributed by atoms with Crippen molar-refractivity contribution in [1.82, 2.24) is 0 Å². The van der Waals surface area contributed by atoms with Crippen molar-refractivity contribution in [3.63, 3.8) is 0 Å². The summed E-state index contributed by atoms with van der Waals surface area (Å²) in [5, 5.41) is 0. The summed E-state index contributed by atoms with van der Waals surface area (Å²) < 4.78 is 0. The predicted molar refractivity (Wildman–Crippen MR) is 101 cm³/mol. The molecule has 2 fully saturated rings. The lowest BCUT2D eigenvalue weighted by Gasteiger charge is -2.38. The van der Waals surface area contributed by atoms with Gasteiger partial charge in [-0.2, -0.15) is 0 Å². The Labute approximate surface area is 141 Å². The molecule has 0 heteroatoms. The van der Waals surface area contributed by atoms with E-state index in [0.717, 1.165) is 23.7 Å². The topological polar surface area (TPSA) is 0 Å². The molecule has 0 saturated heterocycles. The smallest absolute Gasteiger partial charge is 0.0340 e. The Hall–Kier alpha value is 0. The van der Waals surface area contributed by atoms with Gasteiger partial charge < -0.3 is 0 Å². The minimum absolute atomic E-state index is 0.542. The third-order valence-corrected chi connectivity index (χ3v) is 6.45. The molecule has 0 amide bonds. The van der Waals surface area contributed by atoms with Crippen LogP contribution in [0.1, 0.15) is 107 Å². The highest BCUT2D eigenvalue weighted by atomic mass is 14.4. The van der Waals surface area contributed by atoms with Gasteiger partial charge in [0.05, 0.1) is 0 Å². The zero-order valence-corrected chi connectivity index (χ0v) is 17.0. The van der Waals surface area contributed by atoms with E-state index >= 15 is 0 Å². The van der Waals surface area contributed by atoms with Crippen LogP contribution in [0.3, 0.4) is 0 Å². The molecule has 0 aromatic carbocycles. The Morgan fingerprint density at radius 3 is 0.955 bits per heavy atom. The highest BCUT2D eigenvalue weighted by Gasteiger charge is 2.31. The van der Waals surface area contributed by atoms with Gasteiger partial charge >= 0.3 is 0 Å². The minimum Gasteiger partial charge on any atom is -0.0622 e. The summed E-state index contributed by atoms with van der Waals surface area (Å²) in [6.45, 7) is 19.2. The molecule has 0 bridgehead atoms. The summed E-state index contributed by atoms with van der Waals surface area (Å²) >= 11 is 0. The minimum atomic E-state index is 0.542. The maximum atomic E-state index is 2.43. The summed E-state index contributed by atoms with van der Waals surface area (Å²) in [5.41, 5.74) is 1.08. The Morgan fingerprint density at radius 2 is 0.773 bits per heavy atom. The summed E-state index contributed by atoms with van der Waals surface area (Å²) in [6.07, 6.45) is 11.7. The monoisotopic (exact) mass is 308 g/mol. The Balaban J connectivity index is 0.000000220. The molecule has 2 aliphatic carbocycles. The summed E-state index contributed by atoms with van der Waals surface area (Å²) in [7, 11) is 0. The van der Waals surface area contributed by atoms with Crippen LogP contribution in [0, 0.1) is 34.5 Å². The van der Waals surface area contributed by atoms with Gasteiger partial charge in [-0.1, -0.05) is 93.9 Å². The number of hydrogen-bond acceptors (Lipinski definition) is 0. The van der Waals surface area contributed by atoms with Crippen LogP contribution in [-0.4, -0.2) is 0 Å². The van der Waals surface area contributed by atoms with Gasteiger partial charge in [0.1, 0.15) is 0 Å². The molecule has 22 heavy (non-hydrogen) atoms. The molecule has 4 atom stereocenters. The van der Waals surface area contributed by atoms with E-state index in [9.17, 15) is 0 Å². The van der Waals surface area contributed by atoms with E-state index in [1.54, 1.807) is 0 Å². The fourth-order valence-electron chi connectivity index (χ4n) is 5.21. The van der Waals surface area contributed by atoms with Gasteiger partial charge in [-0.3, -0.25) is 0 Å². The van der Waals surface area contributed by atoms with Crippen LogP contribution in [0.4, 0.5) is 0 Å².